The van der Waals surface area contributed by atoms with Gasteiger partial charge in [0.15, 0.2) is 23.4 Å². The lowest BCUT2D eigenvalue weighted by atomic mass is 10.0. The first kappa shape index (κ1) is 25.6. The van der Waals surface area contributed by atoms with Crippen molar-refractivity contribution in [2.24, 2.45) is 0 Å². The Hall–Kier alpha value is -4.53. The molecule has 1 fully saturated rings. The number of carbonyl (C=O) groups excluding carboxylic acids is 1. The number of fused-ring (bicyclic) bond motifs is 1. The minimum atomic E-state index is -1.81. The summed E-state index contributed by atoms with van der Waals surface area (Å²) in [5, 5.41) is 68.4. The van der Waals surface area contributed by atoms with E-state index in [1.54, 1.807) is 0 Å². The maximum absolute atomic E-state index is 13.4. The molecule has 3 aromatic rings. The van der Waals surface area contributed by atoms with Gasteiger partial charge in [-0.15, -0.1) is 0 Å². The second-order valence-corrected chi connectivity index (χ2v) is 8.03. The summed E-state index contributed by atoms with van der Waals surface area (Å²) in [6.07, 6.45) is -8.04. The van der Waals surface area contributed by atoms with Crippen molar-refractivity contribution in [3.63, 3.8) is 0 Å². The van der Waals surface area contributed by atoms with Gasteiger partial charge in [-0.2, -0.15) is 0 Å². The number of carbonyl (C=O) groups is 2. The summed E-state index contributed by atoms with van der Waals surface area (Å²) in [6, 6.07) is 5.21. The third-order valence-electron chi connectivity index (χ3n) is 5.38. The number of rotatable bonds is 6. The summed E-state index contributed by atoms with van der Waals surface area (Å²) >= 11 is 0. The zero-order valence-corrected chi connectivity index (χ0v) is 18.6. The van der Waals surface area contributed by atoms with Gasteiger partial charge in [-0.3, -0.25) is 14.4 Å². The van der Waals surface area contributed by atoms with Crippen molar-refractivity contribution in [3.8, 4) is 40.1 Å². The number of aliphatic carboxylic acids is 1. The molecule has 4 atom stereocenters. The number of phenolic OH excluding ortho intramolecular Hbond substituents is 4. The standard InChI is InChI=1S/C23H20O14/c24-9-4-12(27)17-14(5-9)35-20(8-1-2-10(25)11(26)3-8)21(19(17)33)37-23-22(18(32)13(28)7-34-23)36-16(31)6-15(29)30/h1-5,13,18,22-28,32H,6-7H2,(H,29,30)/t13-,18+,22-,23+/m1/s1. The van der Waals surface area contributed by atoms with Crippen LogP contribution < -0.4 is 10.2 Å². The molecule has 1 aliphatic heterocycles. The second-order valence-electron chi connectivity index (χ2n) is 8.03. The van der Waals surface area contributed by atoms with E-state index in [-0.39, 0.29) is 11.1 Å². The van der Waals surface area contributed by atoms with Gasteiger partial charge in [-0.05, 0) is 18.2 Å². The molecule has 2 heterocycles. The molecule has 37 heavy (non-hydrogen) atoms. The van der Waals surface area contributed by atoms with Gasteiger partial charge in [0.25, 0.3) is 0 Å². The number of ether oxygens (including phenoxy) is 3. The van der Waals surface area contributed by atoms with Gasteiger partial charge in [-0.1, -0.05) is 0 Å². The molecular weight excluding hydrogens is 500 g/mol. The van der Waals surface area contributed by atoms with E-state index in [9.17, 15) is 45.0 Å². The Morgan fingerprint density at radius 2 is 1.73 bits per heavy atom. The van der Waals surface area contributed by atoms with E-state index in [0.29, 0.717) is 0 Å². The highest BCUT2D eigenvalue weighted by Gasteiger charge is 2.44. The number of carboxylic acids is 1. The molecule has 7 N–H and O–H groups in total. The third kappa shape index (κ3) is 5.06. The first-order valence-corrected chi connectivity index (χ1v) is 10.6. The van der Waals surface area contributed by atoms with Crippen LogP contribution in [0, 0.1) is 0 Å². The largest absolute Gasteiger partial charge is 0.508 e. The van der Waals surface area contributed by atoms with E-state index < -0.39 is 94.9 Å². The Morgan fingerprint density at radius 1 is 1.00 bits per heavy atom. The second kappa shape index (κ2) is 9.85. The van der Waals surface area contributed by atoms with Crippen LogP contribution in [-0.4, -0.2) is 78.9 Å². The quantitative estimate of drug-likeness (QED) is 0.130. The molecule has 1 saturated heterocycles. The number of esters is 1. The number of benzene rings is 2. The Morgan fingerprint density at radius 3 is 2.41 bits per heavy atom. The predicted octanol–water partition coefficient (Wildman–Crippen LogP) is 0.126. The van der Waals surface area contributed by atoms with Crippen LogP contribution in [0.25, 0.3) is 22.3 Å². The van der Waals surface area contributed by atoms with Crippen molar-refractivity contribution >= 4 is 22.9 Å². The molecule has 0 saturated carbocycles. The van der Waals surface area contributed by atoms with Crippen molar-refractivity contribution in [2.45, 2.75) is 31.0 Å². The highest BCUT2D eigenvalue weighted by Crippen LogP contribution is 2.39. The summed E-state index contributed by atoms with van der Waals surface area (Å²) < 4.78 is 21.6. The van der Waals surface area contributed by atoms with Crippen LogP contribution in [0.15, 0.2) is 39.5 Å². The van der Waals surface area contributed by atoms with E-state index in [4.69, 9.17) is 23.7 Å². The topological polar surface area (TPSA) is 234 Å². The first-order valence-electron chi connectivity index (χ1n) is 10.6. The number of aliphatic hydroxyl groups excluding tert-OH is 2. The minimum absolute atomic E-state index is 0.0250. The molecule has 0 radical (unpaired) electrons. The van der Waals surface area contributed by atoms with E-state index in [1.807, 2.05) is 0 Å². The van der Waals surface area contributed by atoms with Gasteiger partial charge >= 0.3 is 11.9 Å². The van der Waals surface area contributed by atoms with Crippen LogP contribution in [0.1, 0.15) is 6.42 Å². The molecule has 1 aromatic heterocycles. The van der Waals surface area contributed by atoms with Crippen LogP contribution in [0.4, 0.5) is 0 Å². The summed E-state index contributed by atoms with van der Waals surface area (Å²) in [7, 11) is 0. The van der Waals surface area contributed by atoms with Crippen LogP contribution in [-0.2, 0) is 19.1 Å². The van der Waals surface area contributed by atoms with Crippen molar-refractivity contribution < 1.29 is 64.0 Å². The lowest BCUT2D eigenvalue weighted by Crippen LogP contribution is -2.57. The van der Waals surface area contributed by atoms with Crippen molar-refractivity contribution in [2.75, 3.05) is 6.61 Å². The SMILES string of the molecule is O=C(O)CC(=O)O[C@H]1[C@H](Oc2c(-c3ccc(O)c(O)c3)oc3cc(O)cc(O)c3c2=O)OC[C@@H](O)[C@@H]1O. The van der Waals surface area contributed by atoms with Gasteiger partial charge in [0.1, 0.15) is 41.1 Å². The van der Waals surface area contributed by atoms with E-state index in [1.165, 1.54) is 6.07 Å². The fourth-order valence-electron chi connectivity index (χ4n) is 3.66. The lowest BCUT2D eigenvalue weighted by molar-refractivity contribution is -0.251. The van der Waals surface area contributed by atoms with Crippen LogP contribution >= 0.6 is 0 Å². The average molecular weight is 520 g/mol. The smallest absolute Gasteiger partial charge is 0.317 e. The number of aliphatic hydroxyl groups is 2. The maximum Gasteiger partial charge on any atom is 0.317 e. The van der Waals surface area contributed by atoms with Gasteiger partial charge < -0.3 is 54.4 Å². The van der Waals surface area contributed by atoms with Gasteiger partial charge in [-0.25, -0.2) is 0 Å². The highest BCUT2D eigenvalue weighted by atomic mass is 16.7. The Balaban J connectivity index is 1.85. The normalized spacial score (nSPS) is 21.5. The number of aromatic hydroxyl groups is 4. The van der Waals surface area contributed by atoms with Crippen molar-refractivity contribution in [1.29, 1.82) is 0 Å². The Kier molecular flexibility index (Phi) is 6.80. The van der Waals surface area contributed by atoms with Crippen molar-refractivity contribution in [3.05, 3.63) is 40.6 Å². The Bertz CT molecular complexity index is 1430. The molecule has 2 aromatic carbocycles. The zero-order valence-electron chi connectivity index (χ0n) is 18.6. The van der Waals surface area contributed by atoms with Crippen molar-refractivity contribution in [1.82, 2.24) is 0 Å². The van der Waals surface area contributed by atoms with Crippen LogP contribution in [0.2, 0.25) is 0 Å². The van der Waals surface area contributed by atoms with E-state index in [2.05, 4.69) is 0 Å². The Labute approximate surface area is 205 Å². The lowest BCUT2D eigenvalue weighted by Gasteiger charge is -2.37. The fraction of sp³-hybridized carbons (Fsp3) is 0.261. The average Bonchev–Trinajstić information content (AvgIpc) is 2.80. The predicted molar refractivity (Wildman–Crippen MR) is 119 cm³/mol. The van der Waals surface area contributed by atoms with Gasteiger partial charge in [0.2, 0.25) is 17.5 Å². The summed E-state index contributed by atoms with van der Waals surface area (Å²) in [4.78, 5) is 36.2. The third-order valence-corrected chi connectivity index (χ3v) is 5.38. The summed E-state index contributed by atoms with van der Waals surface area (Å²) in [5.74, 6) is -6.12. The molecule has 196 valence electrons. The van der Waals surface area contributed by atoms with Crippen LogP contribution in [0.5, 0.6) is 28.7 Å². The highest BCUT2D eigenvalue weighted by molar-refractivity contribution is 5.90. The number of hydrogen-bond acceptors (Lipinski definition) is 13. The molecule has 14 nitrogen and oxygen atoms in total. The molecule has 0 aliphatic carbocycles. The minimum Gasteiger partial charge on any atom is -0.508 e. The first-order chi connectivity index (χ1) is 17.5. The monoisotopic (exact) mass is 520 g/mol. The van der Waals surface area contributed by atoms with Gasteiger partial charge in [0, 0.05) is 17.7 Å². The molecule has 1 aliphatic rings. The number of hydrogen-bond donors (Lipinski definition) is 7. The van der Waals surface area contributed by atoms with Gasteiger partial charge in [0.05, 0.1) is 6.61 Å². The molecular formula is C23H20O14. The molecule has 0 unspecified atom stereocenters. The zero-order chi connectivity index (χ0) is 27.0. The maximum atomic E-state index is 13.4. The molecule has 0 bridgehead atoms. The van der Waals surface area contributed by atoms with E-state index in [0.717, 1.165) is 24.3 Å². The molecule has 4 rings (SSSR count). The molecule has 0 spiro atoms. The molecule has 14 heteroatoms. The van der Waals surface area contributed by atoms with Crippen LogP contribution in [0.3, 0.4) is 0 Å². The number of phenols is 4. The summed E-state index contributed by atoms with van der Waals surface area (Å²) in [6.45, 7) is -0.536. The molecule has 0 amide bonds. The van der Waals surface area contributed by atoms with E-state index >= 15 is 0 Å². The summed E-state index contributed by atoms with van der Waals surface area (Å²) in [5.41, 5.74) is -1.33. The number of carboxylic acid groups (broad SMARTS) is 1. The fourth-order valence-corrected chi connectivity index (χ4v) is 3.66.